The number of benzene rings is 1. The van der Waals surface area contributed by atoms with Crippen LogP contribution < -0.4 is 11.5 Å². The monoisotopic (exact) mass is 580 g/mol. The Labute approximate surface area is 251 Å². The number of alkyl halides is 1. The highest BCUT2D eigenvalue weighted by atomic mass is 19.1. The number of hydrogen-bond donors (Lipinski definition) is 3. The van der Waals surface area contributed by atoms with E-state index in [4.69, 9.17) is 0 Å². The first-order chi connectivity index (χ1) is 19.7. The Balaban J connectivity index is 0.000000686. The van der Waals surface area contributed by atoms with E-state index in [1.807, 2.05) is 42.2 Å². The van der Waals surface area contributed by atoms with Crippen LogP contribution in [0.25, 0.3) is 11.1 Å². The van der Waals surface area contributed by atoms with Gasteiger partial charge in [-0.15, -0.1) is 0 Å². The number of likely N-dealkylation sites (tertiary alicyclic amines) is 1. The van der Waals surface area contributed by atoms with Crippen molar-refractivity contribution in [1.82, 2.24) is 26.2 Å². The molecule has 8 nitrogen and oxygen atoms in total. The lowest BCUT2D eigenvalue weighted by Crippen LogP contribution is -2.36. The minimum Gasteiger partial charge on any atom is -0.344 e. The quantitative estimate of drug-likeness (QED) is 0.229. The van der Waals surface area contributed by atoms with Crippen molar-refractivity contribution in [2.75, 3.05) is 25.0 Å². The third-order valence-electron chi connectivity index (χ3n) is 7.50. The molecule has 2 aromatic heterocycles. The van der Waals surface area contributed by atoms with Gasteiger partial charge in [0, 0.05) is 51.3 Å². The Hall–Kier alpha value is -3.69. The van der Waals surface area contributed by atoms with Crippen LogP contribution in [0.2, 0.25) is 0 Å². The number of aromatic amines is 1. The van der Waals surface area contributed by atoms with Crippen LogP contribution in [-0.2, 0) is 9.59 Å². The lowest BCUT2D eigenvalue weighted by Gasteiger charge is -2.27. The van der Waals surface area contributed by atoms with Crippen LogP contribution in [0.4, 0.5) is 10.2 Å². The molecule has 0 radical (unpaired) electrons. The largest absolute Gasteiger partial charge is 0.344 e. The van der Waals surface area contributed by atoms with Crippen LogP contribution in [0.15, 0.2) is 60.8 Å². The highest BCUT2D eigenvalue weighted by Gasteiger charge is 2.25. The van der Waals surface area contributed by atoms with Crippen LogP contribution in [-0.4, -0.2) is 57.6 Å². The normalized spacial score (nSPS) is 17.7. The fourth-order valence-corrected chi connectivity index (χ4v) is 5.31. The van der Waals surface area contributed by atoms with Gasteiger partial charge in [0.2, 0.25) is 5.91 Å². The summed E-state index contributed by atoms with van der Waals surface area (Å²) >= 11 is 0. The Morgan fingerprint density at radius 3 is 2.55 bits per heavy atom. The number of H-pyrrole nitrogens is 1. The summed E-state index contributed by atoms with van der Waals surface area (Å²) in [6.45, 7) is 9.64. The van der Waals surface area contributed by atoms with Crippen LogP contribution in [0.1, 0.15) is 78.1 Å². The molecule has 1 saturated heterocycles. The number of nitrogens with one attached hydrogen (secondary N) is 2. The molecular formula is C33H49FN6O2. The van der Waals surface area contributed by atoms with Crippen molar-refractivity contribution in [1.29, 1.82) is 0 Å². The zero-order chi connectivity index (χ0) is 29.4. The van der Waals surface area contributed by atoms with E-state index in [0.717, 1.165) is 35.6 Å². The average Bonchev–Trinajstić information content (AvgIpc) is 3.69. The summed E-state index contributed by atoms with van der Waals surface area (Å²) < 4.78 is 13.4. The first-order valence-electron chi connectivity index (χ1n) is 14.6. The standard InChI is InChI=1S/C26H32FN3O2.C7H10N2.H3N.2H2/c1-18(2)26(19(3)31)21-8-4-7-20(15-21)22-11-12-24(28-16-22)29-25(32)10-6-14-30-13-5-9-23(27)17-30;1-5-4-7(9-8-5)6-2-3-6;;;/h4,6-8,10-12,15-16,18,23,26H,5,9,13-14,17H2,1-3H3,(H,28,29,32);4,6H,2-3H2,1H3,(H,8,9);1H3;2*1H/b10-6+;;;;. The van der Waals surface area contributed by atoms with Gasteiger partial charge in [-0.2, -0.15) is 5.10 Å². The van der Waals surface area contributed by atoms with E-state index in [9.17, 15) is 14.0 Å². The van der Waals surface area contributed by atoms with Gasteiger partial charge in [-0.3, -0.25) is 19.6 Å². The van der Waals surface area contributed by atoms with Gasteiger partial charge in [-0.05, 0) is 81.3 Å². The minimum absolute atomic E-state index is 0. The van der Waals surface area contributed by atoms with Crippen LogP contribution in [0.5, 0.6) is 0 Å². The number of halogens is 1. The molecule has 2 unspecified atom stereocenters. The molecule has 1 saturated carbocycles. The van der Waals surface area contributed by atoms with Gasteiger partial charge >= 0.3 is 0 Å². The zero-order valence-corrected chi connectivity index (χ0v) is 25.3. The maximum Gasteiger partial charge on any atom is 0.249 e. The molecule has 42 heavy (non-hydrogen) atoms. The van der Waals surface area contributed by atoms with Gasteiger partial charge in [-0.1, -0.05) is 44.2 Å². The molecule has 1 aliphatic carbocycles. The predicted octanol–water partition coefficient (Wildman–Crippen LogP) is 7.26. The van der Waals surface area contributed by atoms with E-state index in [0.29, 0.717) is 25.3 Å². The number of Topliss-reactive ketones (excluding diaryl/α,β-unsaturated/α-hetero) is 1. The molecule has 1 aromatic carbocycles. The topological polar surface area (TPSA) is 126 Å². The van der Waals surface area contributed by atoms with E-state index in [1.54, 1.807) is 25.3 Å². The van der Waals surface area contributed by atoms with Crippen LogP contribution in [0.3, 0.4) is 0 Å². The summed E-state index contributed by atoms with van der Waals surface area (Å²) in [6.07, 6.45) is 8.32. The first kappa shape index (κ1) is 32.8. The maximum absolute atomic E-state index is 13.4. The highest BCUT2D eigenvalue weighted by molar-refractivity contribution is 5.98. The second kappa shape index (κ2) is 15.5. The van der Waals surface area contributed by atoms with Crippen LogP contribution in [0, 0.1) is 12.8 Å². The highest BCUT2D eigenvalue weighted by Crippen LogP contribution is 2.38. The van der Waals surface area contributed by atoms with E-state index in [2.05, 4.69) is 40.4 Å². The SMILES string of the molecule is CC(=O)C(c1cccc(-c2ccc(NC(=O)/C=C/CN3CCCC(F)C3)nc2)c1)C(C)C.Cc1cc(C2CC2)n[nH]1.N.[HH].[HH]. The molecule has 1 amide bonds. The summed E-state index contributed by atoms with van der Waals surface area (Å²) in [4.78, 5) is 30.6. The van der Waals surface area contributed by atoms with Gasteiger partial charge in [0.05, 0.1) is 5.69 Å². The fourth-order valence-electron chi connectivity index (χ4n) is 5.31. The van der Waals surface area contributed by atoms with Crippen molar-refractivity contribution < 1.29 is 16.8 Å². The summed E-state index contributed by atoms with van der Waals surface area (Å²) in [7, 11) is 0. The summed E-state index contributed by atoms with van der Waals surface area (Å²) in [5, 5.41) is 9.85. The lowest BCUT2D eigenvalue weighted by atomic mass is 9.84. The molecule has 0 bridgehead atoms. The molecule has 230 valence electrons. The molecule has 5 rings (SSSR count). The Morgan fingerprint density at radius 2 is 1.95 bits per heavy atom. The van der Waals surface area contributed by atoms with Crippen LogP contribution >= 0.6 is 0 Å². The molecule has 3 heterocycles. The number of nitrogens with zero attached hydrogens (tertiary/aromatic N) is 3. The van der Waals surface area contributed by atoms with Crippen molar-refractivity contribution in [3.05, 3.63) is 77.8 Å². The third-order valence-corrected chi connectivity index (χ3v) is 7.50. The fraction of sp³-hybridized carbons (Fsp3) is 0.455. The van der Waals surface area contributed by atoms with Gasteiger partial charge in [-0.25, -0.2) is 9.37 Å². The summed E-state index contributed by atoms with van der Waals surface area (Å²) in [5.41, 5.74) is 5.33. The number of carbonyl (C=O) groups is 2. The van der Waals surface area contributed by atoms with Gasteiger partial charge < -0.3 is 11.5 Å². The summed E-state index contributed by atoms with van der Waals surface area (Å²) in [5.74, 6) is 1.24. The molecule has 5 N–H and O–H groups in total. The number of carbonyl (C=O) groups excluding carboxylic acids is 2. The van der Waals surface area contributed by atoms with Crippen molar-refractivity contribution in [3.8, 4) is 11.1 Å². The molecule has 2 fully saturated rings. The average molecular weight is 581 g/mol. The number of pyridine rings is 1. The number of anilines is 1. The molecule has 0 spiro atoms. The van der Waals surface area contributed by atoms with E-state index in [1.165, 1.54) is 30.3 Å². The number of aryl methyl sites for hydroxylation is 1. The molecular weight excluding hydrogens is 531 g/mol. The number of aromatic nitrogens is 3. The smallest absolute Gasteiger partial charge is 0.249 e. The van der Waals surface area contributed by atoms with Crippen molar-refractivity contribution in [2.24, 2.45) is 5.92 Å². The molecule has 9 heteroatoms. The Morgan fingerprint density at radius 1 is 1.17 bits per heavy atom. The van der Waals surface area contributed by atoms with Gasteiger partial charge in [0.15, 0.2) is 0 Å². The number of hydrogen-bond acceptors (Lipinski definition) is 6. The Kier molecular flexibility index (Phi) is 12.1. The van der Waals surface area contributed by atoms with Crippen molar-refractivity contribution in [2.45, 2.75) is 71.4 Å². The Bertz CT molecular complexity index is 1340. The van der Waals surface area contributed by atoms with E-state index >= 15 is 0 Å². The number of rotatable bonds is 9. The predicted molar refractivity (Wildman–Crippen MR) is 171 cm³/mol. The first-order valence-corrected chi connectivity index (χ1v) is 14.6. The third kappa shape index (κ3) is 9.70. The lowest BCUT2D eigenvalue weighted by molar-refractivity contribution is -0.119. The number of ketones is 1. The van der Waals surface area contributed by atoms with E-state index < -0.39 is 6.17 Å². The number of amides is 1. The second-order valence-corrected chi connectivity index (χ2v) is 11.5. The van der Waals surface area contributed by atoms with E-state index in [-0.39, 0.29) is 32.5 Å². The van der Waals surface area contributed by atoms with Gasteiger partial charge in [0.1, 0.15) is 17.8 Å². The van der Waals surface area contributed by atoms with Crippen molar-refractivity contribution in [3.63, 3.8) is 0 Å². The minimum atomic E-state index is -0.770. The van der Waals surface area contributed by atoms with Gasteiger partial charge in [0.25, 0.3) is 0 Å². The zero-order valence-electron chi connectivity index (χ0n) is 25.3. The summed E-state index contributed by atoms with van der Waals surface area (Å²) in [6, 6.07) is 13.8. The second-order valence-electron chi connectivity index (χ2n) is 11.5. The molecule has 2 atom stereocenters. The molecule has 3 aromatic rings. The molecule has 2 aliphatic rings. The van der Waals surface area contributed by atoms with Crippen molar-refractivity contribution >= 4 is 17.5 Å². The molecule has 1 aliphatic heterocycles. The maximum atomic E-state index is 13.4. The number of piperidine rings is 1.